The molecule has 2 aliphatic heterocycles. The summed E-state index contributed by atoms with van der Waals surface area (Å²) in [6.45, 7) is 3.41. The molecule has 7 heteroatoms. The van der Waals surface area contributed by atoms with Gasteiger partial charge in [-0.2, -0.15) is 17.4 Å². The molecule has 112 valence electrons. The molecule has 0 spiro atoms. The molecule has 2 rings (SSSR count). The average molecular weight is 292 g/mol. The second-order valence-electron chi connectivity index (χ2n) is 5.51. The molecule has 0 aliphatic carbocycles. The molecule has 19 heavy (non-hydrogen) atoms. The minimum absolute atomic E-state index is 0.0208. The highest BCUT2D eigenvalue weighted by atomic mass is 32.2. The van der Waals surface area contributed by atoms with E-state index in [0.717, 1.165) is 25.7 Å². The third-order valence-electron chi connectivity index (χ3n) is 4.13. The zero-order valence-corrected chi connectivity index (χ0v) is 12.3. The van der Waals surface area contributed by atoms with Crippen LogP contribution in [-0.2, 0) is 14.9 Å². The Labute approximate surface area is 115 Å². The number of rotatable bonds is 4. The standard InChI is InChI=1S/C12H24N2O4S/c1-11-12(15,6-9-18-11)10-13-19(16,17)14-7-4-2-3-5-8-14/h11,13,15H,2-10H2,1H3. The van der Waals surface area contributed by atoms with Crippen LogP contribution in [0.15, 0.2) is 0 Å². The lowest BCUT2D eigenvalue weighted by atomic mass is 9.97. The molecular weight excluding hydrogens is 268 g/mol. The van der Waals surface area contributed by atoms with Gasteiger partial charge in [-0.05, 0) is 19.8 Å². The van der Waals surface area contributed by atoms with Crippen LogP contribution >= 0.6 is 0 Å². The van der Waals surface area contributed by atoms with E-state index in [1.807, 2.05) is 0 Å². The maximum Gasteiger partial charge on any atom is 0.279 e. The van der Waals surface area contributed by atoms with Gasteiger partial charge < -0.3 is 9.84 Å². The summed E-state index contributed by atoms with van der Waals surface area (Å²) >= 11 is 0. The number of hydrogen-bond donors (Lipinski definition) is 2. The van der Waals surface area contributed by atoms with E-state index in [4.69, 9.17) is 4.74 Å². The maximum atomic E-state index is 12.2. The summed E-state index contributed by atoms with van der Waals surface area (Å²) in [5, 5.41) is 10.3. The van der Waals surface area contributed by atoms with Gasteiger partial charge in [-0.3, -0.25) is 0 Å². The van der Waals surface area contributed by atoms with Gasteiger partial charge in [0.25, 0.3) is 10.2 Å². The van der Waals surface area contributed by atoms with Gasteiger partial charge in [0.2, 0.25) is 0 Å². The number of ether oxygens (including phenoxy) is 1. The summed E-state index contributed by atoms with van der Waals surface area (Å²) in [5.41, 5.74) is -1.08. The molecule has 0 aromatic rings. The van der Waals surface area contributed by atoms with Crippen molar-refractivity contribution in [1.29, 1.82) is 0 Å². The first-order chi connectivity index (χ1) is 8.94. The molecule has 0 bridgehead atoms. The number of aliphatic hydroxyl groups is 1. The molecule has 2 unspecified atom stereocenters. The van der Waals surface area contributed by atoms with Gasteiger partial charge in [0, 0.05) is 32.7 Å². The fraction of sp³-hybridized carbons (Fsp3) is 1.00. The third kappa shape index (κ3) is 3.66. The van der Waals surface area contributed by atoms with E-state index in [2.05, 4.69) is 4.72 Å². The molecule has 2 N–H and O–H groups in total. The highest BCUT2D eigenvalue weighted by Crippen LogP contribution is 2.25. The van der Waals surface area contributed by atoms with Gasteiger partial charge in [0.05, 0.1) is 6.10 Å². The first kappa shape index (κ1) is 15.2. The highest BCUT2D eigenvalue weighted by molar-refractivity contribution is 7.87. The molecule has 0 amide bonds. The second-order valence-corrected chi connectivity index (χ2v) is 7.26. The van der Waals surface area contributed by atoms with E-state index < -0.39 is 15.8 Å². The van der Waals surface area contributed by atoms with Crippen molar-refractivity contribution in [3.63, 3.8) is 0 Å². The Morgan fingerprint density at radius 3 is 2.47 bits per heavy atom. The molecule has 2 saturated heterocycles. The van der Waals surface area contributed by atoms with Crippen LogP contribution in [0.3, 0.4) is 0 Å². The molecule has 2 fully saturated rings. The third-order valence-corrected chi connectivity index (χ3v) is 5.68. The van der Waals surface area contributed by atoms with E-state index >= 15 is 0 Å². The minimum Gasteiger partial charge on any atom is -0.386 e. The molecular formula is C12H24N2O4S. The summed E-state index contributed by atoms with van der Waals surface area (Å²) < 4.78 is 33.7. The molecule has 0 aromatic heterocycles. The molecule has 0 saturated carbocycles. The van der Waals surface area contributed by atoms with Crippen LogP contribution in [0.25, 0.3) is 0 Å². The van der Waals surface area contributed by atoms with Gasteiger partial charge in [-0.15, -0.1) is 0 Å². The van der Waals surface area contributed by atoms with Crippen molar-refractivity contribution in [2.45, 2.75) is 50.7 Å². The molecule has 2 heterocycles. The van der Waals surface area contributed by atoms with E-state index in [1.165, 1.54) is 4.31 Å². The van der Waals surface area contributed by atoms with Crippen LogP contribution in [0.4, 0.5) is 0 Å². The maximum absolute atomic E-state index is 12.2. The Bertz CT molecular complexity index is 393. The van der Waals surface area contributed by atoms with Crippen LogP contribution in [0.1, 0.15) is 39.0 Å². The second kappa shape index (κ2) is 6.05. The lowest BCUT2D eigenvalue weighted by Gasteiger charge is -2.28. The summed E-state index contributed by atoms with van der Waals surface area (Å²) in [6, 6.07) is 0. The Morgan fingerprint density at radius 2 is 1.95 bits per heavy atom. The summed E-state index contributed by atoms with van der Waals surface area (Å²) in [7, 11) is -3.49. The van der Waals surface area contributed by atoms with Crippen molar-refractivity contribution in [2.75, 3.05) is 26.2 Å². The zero-order chi connectivity index (χ0) is 13.9. The molecule has 0 aromatic carbocycles. The van der Waals surface area contributed by atoms with Gasteiger partial charge >= 0.3 is 0 Å². The summed E-state index contributed by atoms with van der Waals surface area (Å²) in [6.07, 6.45) is 4.12. The average Bonchev–Trinajstić information content (AvgIpc) is 2.62. The van der Waals surface area contributed by atoms with Crippen molar-refractivity contribution in [1.82, 2.24) is 9.03 Å². The van der Waals surface area contributed by atoms with Crippen molar-refractivity contribution < 1.29 is 18.3 Å². The lowest BCUT2D eigenvalue weighted by Crippen LogP contribution is -2.51. The van der Waals surface area contributed by atoms with Crippen molar-refractivity contribution in [3.05, 3.63) is 0 Å². The Morgan fingerprint density at radius 1 is 1.32 bits per heavy atom. The van der Waals surface area contributed by atoms with Crippen LogP contribution in [0.2, 0.25) is 0 Å². The molecule has 2 atom stereocenters. The van der Waals surface area contributed by atoms with E-state index in [0.29, 0.717) is 26.1 Å². The Kier molecular flexibility index (Phi) is 4.84. The minimum atomic E-state index is -3.49. The Balaban J connectivity index is 1.93. The summed E-state index contributed by atoms with van der Waals surface area (Å²) in [4.78, 5) is 0. The van der Waals surface area contributed by atoms with Crippen molar-refractivity contribution in [3.8, 4) is 0 Å². The fourth-order valence-corrected chi connectivity index (χ4v) is 3.95. The zero-order valence-electron chi connectivity index (χ0n) is 11.5. The normalized spacial score (nSPS) is 34.3. The summed E-state index contributed by atoms with van der Waals surface area (Å²) in [5.74, 6) is 0. The van der Waals surface area contributed by atoms with E-state index in [-0.39, 0.29) is 12.6 Å². The van der Waals surface area contributed by atoms with E-state index in [1.54, 1.807) is 6.92 Å². The van der Waals surface area contributed by atoms with Gasteiger partial charge in [-0.1, -0.05) is 12.8 Å². The van der Waals surface area contributed by atoms with Gasteiger partial charge in [0.1, 0.15) is 5.60 Å². The van der Waals surface area contributed by atoms with Gasteiger partial charge in [-0.25, -0.2) is 0 Å². The lowest BCUT2D eigenvalue weighted by molar-refractivity contribution is -0.0230. The predicted molar refractivity (Wildman–Crippen MR) is 71.9 cm³/mol. The molecule has 0 radical (unpaired) electrons. The SMILES string of the molecule is CC1OCCC1(O)CNS(=O)(=O)N1CCCCCC1. The van der Waals surface area contributed by atoms with Crippen LogP contribution in [0, 0.1) is 0 Å². The fourth-order valence-electron chi connectivity index (χ4n) is 2.59. The van der Waals surface area contributed by atoms with Gasteiger partial charge in [0.15, 0.2) is 0 Å². The van der Waals surface area contributed by atoms with Crippen LogP contribution < -0.4 is 4.72 Å². The highest BCUT2D eigenvalue weighted by Gasteiger charge is 2.40. The monoisotopic (exact) mass is 292 g/mol. The van der Waals surface area contributed by atoms with Crippen molar-refractivity contribution in [2.24, 2.45) is 0 Å². The van der Waals surface area contributed by atoms with Crippen LogP contribution in [-0.4, -0.2) is 55.8 Å². The smallest absolute Gasteiger partial charge is 0.279 e. The first-order valence-corrected chi connectivity index (χ1v) is 8.47. The molecule has 2 aliphatic rings. The molecule has 6 nitrogen and oxygen atoms in total. The van der Waals surface area contributed by atoms with Crippen LogP contribution in [0.5, 0.6) is 0 Å². The Hall–Kier alpha value is -0.210. The number of hydrogen-bond acceptors (Lipinski definition) is 4. The number of nitrogens with zero attached hydrogens (tertiary/aromatic N) is 1. The number of nitrogens with one attached hydrogen (secondary N) is 1. The van der Waals surface area contributed by atoms with E-state index in [9.17, 15) is 13.5 Å². The largest absolute Gasteiger partial charge is 0.386 e. The van der Waals surface area contributed by atoms with Crippen molar-refractivity contribution >= 4 is 10.2 Å². The first-order valence-electron chi connectivity index (χ1n) is 7.03. The quantitative estimate of drug-likeness (QED) is 0.778. The predicted octanol–water partition coefficient (Wildman–Crippen LogP) is 0.237. The topological polar surface area (TPSA) is 78.9 Å².